The molecule has 0 radical (unpaired) electrons. The summed E-state index contributed by atoms with van der Waals surface area (Å²) in [4.78, 5) is 8.02. The van der Waals surface area contributed by atoms with E-state index in [4.69, 9.17) is 5.26 Å². The zero-order valence-electron chi connectivity index (χ0n) is 10.1. The molecule has 0 N–H and O–H groups in total. The maximum atomic E-state index is 12.2. The maximum absolute atomic E-state index is 12.2. The van der Waals surface area contributed by atoms with E-state index >= 15 is 0 Å². The van der Waals surface area contributed by atoms with Gasteiger partial charge >= 0.3 is 10.2 Å². The predicted octanol–water partition coefficient (Wildman–Crippen LogP) is 0.266. The number of rotatable bonds is 2. The van der Waals surface area contributed by atoms with Gasteiger partial charge in [0.1, 0.15) is 11.6 Å². The molecule has 0 saturated carbocycles. The van der Waals surface area contributed by atoms with Crippen molar-refractivity contribution in [2.75, 3.05) is 14.1 Å². The van der Waals surface area contributed by atoms with Crippen LogP contribution >= 0.6 is 0 Å². The van der Waals surface area contributed by atoms with Gasteiger partial charge in [0, 0.05) is 20.3 Å². The molecule has 0 aliphatic heterocycles. The number of fused-ring (bicyclic) bond motifs is 1. The summed E-state index contributed by atoms with van der Waals surface area (Å²) in [5, 5.41) is 9.01. The Morgan fingerprint density at radius 2 is 2.11 bits per heavy atom. The minimum absolute atomic E-state index is 0.167. The summed E-state index contributed by atoms with van der Waals surface area (Å²) in [6.07, 6.45) is 1.49. The SMILES string of the molecule is Cc1ccnc2c1nc(C#N)n2S(=O)(=O)N(C)C. The Morgan fingerprint density at radius 1 is 1.44 bits per heavy atom. The Kier molecular flexibility index (Phi) is 2.80. The highest BCUT2D eigenvalue weighted by Gasteiger charge is 2.25. The first kappa shape index (κ1) is 12.5. The third-order valence-electron chi connectivity index (χ3n) is 2.50. The van der Waals surface area contributed by atoms with Gasteiger partial charge in [-0.3, -0.25) is 0 Å². The smallest absolute Gasteiger partial charge is 0.236 e. The number of aryl methyl sites for hydroxylation is 1. The fraction of sp³-hybridized carbons (Fsp3) is 0.300. The average molecular weight is 265 g/mol. The highest BCUT2D eigenvalue weighted by molar-refractivity contribution is 7.87. The molecule has 8 heteroatoms. The first-order valence-corrected chi connectivity index (χ1v) is 6.46. The number of hydrogen-bond acceptors (Lipinski definition) is 5. The molecule has 0 atom stereocenters. The lowest BCUT2D eigenvalue weighted by Crippen LogP contribution is -2.29. The average Bonchev–Trinajstić information content (AvgIpc) is 2.69. The summed E-state index contributed by atoms with van der Waals surface area (Å²) < 4.78 is 26.2. The molecule has 0 saturated heterocycles. The second-order valence-corrected chi connectivity index (χ2v) is 5.89. The summed E-state index contributed by atoms with van der Waals surface area (Å²) in [5.41, 5.74) is 1.35. The van der Waals surface area contributed by atoms with Crippen molar-refractivity contribution in [1.82, 2.24) is 18.2 Å². The third kappa shape index (κ3) is 1.64. The van der Waals surface area contributed by atoms with E-state index in [1.165, 1.54) is 20.3 Å². The van der Waals surface area contributed by atoms with Gasteiger partial charge in [0.15, 0.2) is 5.65 Å². The van der Waals surface area contributed by atoms with Crippen LogP contribution in [-0.4, -0.2) is 40.8 Å². The number of nitriles is 1. The van der Waals surface area contributed by atoms with Crippen LogP contribution < -0.4 is 0 Å². The summed E-state index contributed by atoms with van der Waals surface area (Å²) in [7, 11) is -1.04. The Hall–Kier alpha value is -1.98. The van der Waals surface area contributed by atoms with E-state index in [0.29, 0.717) is 5.52 Å². The molecule has 0 fully saturated rings. The van der Waals surface area contributed by atoms with Crippen molar-refractivity contribution >= 4 is 21.4 Å². The van der Waals surface area contributed by atoms with Gasteiger partial charge in [-0.05, 0) is 18.6 Å². The van der Waals surface area contributed by atoms with Crippen LogP contribution in [0.3, 0.4) is 0 Å². The fourth-order valence-electron chi connectivity index (χ4n) is 1.53. The fourth-order valence-corrected chi connectivity index (χ4v) is 2.51. The van der Waals surface area contributed by atoms with Crippen molar-refractivity contribution < 1.29 is 8.42 Å². The van der Waals surface area contributed by atoms with Crippen LogP contribution in [0.2, 0.25) is 0 Å². The van der Waals surface area contributed by atoms with Crippen molar-refractivity contribution in [2.45, 2.75) is 6.92 Å². The summed E-state index contributed by atoms with van der Waals surface area (Å²) in [5.74, 6) is -0.194. The van der Waals surface area contributed by atoms with Gasteiger partial charge in [0.2, 0.25) is 5.82 Å². The molecular formula is C10H11N5O2S. The van der Waals surface area contributed by atoms with Crippen LogP contribution in [0.15, 0.2) is 12.3 Å². The maximum Gasteiger partial charge on any atom is 0.311 e. The second-order valence-electron chi connectivity index (χ2n) is 3.90. The first-order valence-electron chi connectivity index (χ1n) is 5.06. The molecule has 2 rings (SSSR count). The van der Waals surface area contributed by atoms with Crippen molar-refractivity contribution in [3.05, 3.63) is 23.7 Å². The highest BCUT2D eigenvalue weighted by atomic mass is 32.2. The van der Waals surface area contributed by atoms with E-state index in [1.54, 1.807) is 19.1 Å². The predicted molar refractivity (Wildman–Crippen MR) is 65.0 cm³/mol. The van der Waals surface area contributed by atoms with Crippen molar-refractivity contribution in [3.8, 4) is 6.07 Å². The molecule has 2 aromatic rings. The Bertz CT molecular complexity index is 754. The lowest BCUT2D eigenvalue weighted by atomic mass is 10.3. The topological polar surface area (TPSA) is 91.9 Å². The van der Waals surface area contributed by atoms with Gasteiger partial charge in [-0.15, -0.1) is 0 Å². The summed E-state index contributed by atoms with van der Waals surface area (Å²) in [6, 6.07) is 3.49. The van der Waals surface area contributed by atoms with E-state index < -0.39 is 10.2 Å². The third-order valence-corrected chi connectivity index (χ3v) is 4.23. The molecule has 0 amide bonds. The molecule has 18 heavy (non-hydrogen) atoms. The number of hydrogen-bond donors (Lipinski definition) is 0. The van der Waals surface area contributed by atoms with Crippen LogP contribution in [0, 0.1) is 18.3 Å². The molecule has 0 aromatic carbocycles. The van der Waals surface area contributed by atoms with E-state index in [1.807, 2.05) is 0 Å². The monoisotopic (exact) mass is 265 g/mol. The number of imidazole rings is 1. The van der Waals surface area contributed by atoms with Gasteiger partial charge in [-0.1, -0.05) is 0 Å². The molecule has 0 aliphatic rings. The van der Waals surface area contributed by atoms with Gasteiger partial charge in [-0.25, -0.2) is 9.97 Å². The minimum Gasteiger partial charge on any atom is -0.236 e. The largest absolute Gasteiger partial charge is 0.311 e. The van der Waals surface area contributed by atoms with Gasteiger partial charge in [-0.2, -0.15) is 22.0 Å². The lowest BCUT2D eigenvalue weighted by molar-refractivity contribution is 0.511. The second kappa shape index (κ2) is 4.04. The van der Waals surface area contributed by atoms with Crippen molar-refractivity contribution in [1.29, 1.82) is 5.26 Å². The van der Waals surface area contributed by atoms with Crippen LogP contribution in [0.4, 0.5) is 0 Å². The van der Waals surface area contributed by atoms with Crippen LogP contribution in [0.25, 0.3) is 11.2 Å². The number of nitrogens with zero attached hydrogens (tertiary/aromatic N) is 5. The molecule has 0 spiro atoms. The Morgan fingerprint density at radius 3 is 2.67 bits per heavy atom. The Balaban J connectivity index is 2.95. The van der Waals surface area contributed by atoms with E-state index in [-0.39, 0.29) is 11.5 Å². The van der Waals surface area contributed by atoms with Crippen molar-refractivity contribution in [2.24, 2.45) is 0 Å². The molecule has 0 unspecified atom stereocenters. The van der Waals surface area contributed by atoms with E-state index in [9.17, 15) is 8.42 Å². The quantitative estimate of drug-likeness (QED) is 0.777. The van der Waals surface area contributed by atoms with Gasteiger partial charge in [0.05, 0.1) is 0 Å². The minimum atomic E-state index is -3.82. The summed E-state index contributed by atoms with van der Waals surface area (Å²) in [6.45, 7) is 1.78. The molecule has 2 aromatic heterocycles. The van der Waals surface area contributed by atoms with Crippen LogP contribution in [0.5, 0.6) is 0 Å². The summed E-state index contributed by atoms with van der Waals surface area (Å²) >= 11 is 0. The zero-order chi connectivity index (χ0) is 13.5. The number of pyridine rings is 1. The van der Waals surface area contributed by atoms with E-state index in [2.05, 4.69) is 9.97 Å². The standard InChI is InChI=1S/C10H11N5O2S/c1-7-4-5-12-10-9(7)13-8(6-11)15(10)18(16,17)14(2)3/h4-5H,1-3H3. The van der Waals surface area contributed by atoms with Gasteiger partial charge in [0.25, 0.3) is 0 Å². The highest BCUT2D eigenvalue weighted by Crippen LogP contribution is 2.19. The molecule has 7 nitrogen and oxygen atoms in total. The normalized spacial score (nSPS) is 11.9. The Labute approximate surface area is 104 Å². The van der Waals surface area contributed by atoms with Gasteiger partial charge < -0.3 is 0 Å². The molecule has 0 bridgehead atoms. The first-order chi connectivity index (χ1) is 8.39. The van der Waals surface area contributed by atoms with Crippen LogP contribution in [0.1, 0.15) is 11.4 Å². The molecule has 94 valence electrons. The molecule has 0 aliphatic carbocycles. The van der Waals surface area contributed by atoms with Crippen LogP contribution in [-0.2, 0) is 10.2 Å². The van der Waals surface area contributed by atoms with Crippen molar-refractivity contribution in [3.63, 3.8) is 0 Å². The molecule has 2 heterocycles. The zero-order valence-corrected chi connectivity index (χ0v) is 10.9. The molecular weight excluding hydrogens is 254 g/mol. The van der Waals surface area contributed by atoms with E-state index in [0.717, 1.165) is 13.8 Å². The number of aromatic nitrogens is 3. The lowest BCUT2D eigenvalue weighted by Gasteiger charge is -2.12.